The van der Waals surface area contributed by atoms with Crippen molar-refractivity contribution in [1.82, 2.24) is 4.31 Å². The van der Waals surface area contributed by atoms with E-state index in [1.807, 2.05) is 0 Å². The highest BCUT2D eigenvalue weighted by atomic mass is 32.2. The second-order valence-corrected chi connectivity index (χ2v) is 7.99. The van der Waals surface area contributed by atoms with Crippen molar-refractivity contribution in [2.75, 3.05) is 17.4 Å². The summed E-state index contributed by atoms with van der Waals surface area (Å²) < 4.78 is 25.7. The molecule has 1 saturated carbocycles. The van der Waals surface area contributed by atoms with Gasteiger partial charge in [-0.05, 0) is 18.8 Å². The SMILES string of the molecule is O=C(O)[C@@H]1CSCN1S(=O)(=O)CC1CCCCC1. The van der Waals surface area contributed by atoms with Crippen molar-refractivity contribution in [3.63, 3.8) is 0 Å². The first kappa shape index (κ1) is 14.1. The molecular formula is C11H19NO4S2. The zero-order valence-electron chi connectivity index (χ0n) is 10.2. The largest absolute Gasteiger partial charge is 0.480 e. The average Bonchev–Trinajstić information content (AvgIpc) is 2.79. The predicted molar refractivity (Wildman–Crippen MR) is 70.9 cm³/mol. The summed E-state index contributed by atoms with van der Waals surface area (Å²) in [7, 11) is -3.42. The Morgan fingerprint density at radius 1 is 1.28 bits per heavy atom. The Morgan fingerprint density at radius 2 is 1.94 bits per heavy atom. The van der Waals surface area contributed by atoms with E-state index in [-0.39, 0.29) is 17.5 Å². The van der Waals surface area contributed by atoms with Crippen LogP contribution in [0.25, 0.3) is 0 Å². The second kappa shape index (κ2) is 5.79. The molecule has 2 aliphatic rings. The van der Waals surface area contributed by atoms with Crippen LogP contribution in [0, 0.1) is 5.92 Å². The molecule has 1 heterocycles. The number of sulfonamides is 1. The van der Waals surface area contributed by atoms with Crippen LogP contribution in [0.3, 0.4) is 0 Å². The van der Waals surface area contributed by atoms with Gasteiger partial charge in [0.2, 0.25) is 10.0 Å². The molecular weight excluding hydrogens is 274 g/mol. The monoisotopic (exact) mass is 293 g/mol. The third-order valence-corrected chi connectivity index (χ3v) is 6.82. The van der Waals surface area contributed by atoms with Crippen molar-refractivity contribution < 1.29 is 18.3 Å². The molecule has 0 unspecified atom stereocenters. The Bertz CT molecular complexity index is 403. The molecule has 1 atom stereocenters. The number of aliphatic carboxylic acids is 1. The van der Waals surface area contributed by atoms with Gasteiger partial charge in [-0.15, -0.1) is 11.8 Å². The number of nitrogens with zero attached hydrogens (tertiary/aromatic N) is 1. The maximum absolute atomic E-state index is 12.3. The van der Waals surface area contributed by atoms with Crippen LogP contribution < -0.4 is 0 Å². The molecule has 1 saturated heterocycles. The van der Waals surface area contributed by atoms with E-state index >= 15 is 0 Å². The minimum Gasteiger partial charge on any atom is -0.480 e. The fourth-order valence-electron chi connectivity index (χ4n) is 2.64. The first-order valence-electron chi connectivity index (χ1n) is 6.31. The maximum atomic E-state index is 12.3. The standard InChI is InChI=1S/C11H19NO4S2/c13-11(14)10-6-17-8-12(10)18(15,16)7-9-4-2-1-3-5-9/h9-10H,1-8H2,(H,13,14)/t10-/m0/s1. The predicted octanol–water partition coefficient (Wildman–Crippen LogP) is 1.36. The number of rotatable bonds is 4. The van der Waals surface area contributed by atoms with Crippen LogP contribution in [0.1, 0.15) is 32.1 Å². The van der Waals surface area contributed by atoms with Gasteiger partial charge < -0.3 is 5.11 Å². The van der Waals surface area contributed by atoms with Crippen molar-refractivity contribution in [2.45, 2.75) is 38.1 Å². The normalized spacial score (nSPS) is 27.4. The third-order valence-electron chi connectivity index (χ3n) is 3.66. The summed E-state index contributed by atoms with van der Waals surface area (Å²) in [6.07, 6.45) is 5.29. The third kappa shape index (κ3) is 3.19. The number of carbonyl (C=O) groups is 1. The van der Waals surface area contributed by atoms with Gasteiger partial charge in [-0.25, -0.2) is 8.42 Å². The Hall–Kier alpha value is -0.270. The lowest BCUT2D eigenvalue weighted by Crippen LogP contribution is -2.43. The number of carboxylic acids is 1. The van der Waals surface area contributed by atoms with E-state index in [0.29, 0.717) is 5.75 Å². The number of hydrogen-bond donors (Lipinski definition) is 1. The highest BCUT2D eigenvalue weighted by Gasteiger charge is 2.40. The highest BCUT2D eigenvalue weighted by molar-refractivity contribution is 8.00. The number of thioether (sulfide) groups is 1. The topological polar surface area (TPSA) is 74.7 Å². The minimum atomic E-state index is -3.42. The molecule has 0 spiro atoms. The lowest BCUT2D eigenvalue weighted by atomic mass is 9.91. The van der Waals surface area contributed by atoms with Gasteiger partial charge in [0.25, 0.3) is 0 Å². The van der Waals surface area contributed by atoms with E-state index in [4.69, 9.17) is 5.11 Å². The molecule has 0 radical (unpaired) electrons. The molecule has 0 aromatic heterocycles. The van der Waals surface area contributed by atoms with Crippen LogP contribution in [0.5, 0.6) is 0 Å². The van der Waals surface area contributed by atoms with Crippen LogP contribution in [0.2, 0.25) is 0 Å². The molecule has 18 heavy (non-hydrogen) atoms. The quantitative estimate of drug-likeness (QED) is 0.847. The van der Waals surface area contributed by atoms with Gasteiger partial charge in [0.15, 0.2) is 0 Å². The summed E-state index contributed by atoms with van der Waals surface area (Å²) in [5.41, 5.74) is 0. The van der Waals surface area contributed by atoms with Gasteiger partial charge >= 0.3 is 5.97 Å². The van der Waals surface area contributed by atoms with E-state index in [1.54, 1.807) is 0 Å². The Labute approximate surface area is 112 Å². The van der Waals surface area contributed by atoms with Crippen molar-refractivity contribution in [1.29, 1.82) is 0 Å². The van der Waals surface area contributed by atoms with Gasteiger partial charge in [0.05, 0.1) is 11.6 Å². The van der Waals surface area contributed by atoms with Gasteiger partial charge in [-0.1, -0.05) is 19.3 Å². The maximum Gasteiger partial charge on any atom is 0.322 e. The van der Waals surface area contributed by atoms with Crippen LogP contribution in [0.15, 0.2) is 0 Å². The van der Waals surface area contributed by atoms with Crippen molar-refractivity contribution in [2.24, 2.45) is 5.92 Å². The molecule has 5 nitrogen and oxygen atoms in total. The van der Waals surface area contributed by atoms with Crippen LogP contribution in [-0.4, -0.2) is 47.2 Å². The van der Waals surface area contributed by atoms with Gasteiger partial charge in [-0.3, -0.25) is 4.79 Å². The summed E-state index contributed by atoms with van der Waals surface area (Å²) >= 11 is 1.37. The molecule has 1 aliphatic carbocycles. The van der Waals surface area contributed by atoms with E-state index in [1.165, 1.54) is 22.5 Å². The van der Waals surface area contributed by atoms with E-state index in [2.05, 4.69) is 0 Å². The zero-order chi connectivity index (χ0) is 13.2. The average molecular weight is 293 g/mol. The minimum absolute atomic E-state index is 0.122. The summed E-state index contributed by atoms with van der Waals surface area (Å²) in [4.78, 5) is 11.0. The molecule has 7 heteroatoms. The molecule has 0 bridgehead atoms. The first-order chi connectivity index (χ1) is 8.50. The summed E-state index contributed by atoms with van der Waals surface area (Å²) in [6.45, 7) is 0. The highest BCUT2D eigenvalue weighted by Crippen LogP contribution is 2.29. The second-order valence-electron chi connectivity index (χ2n) is 5.02. The Balaban J connectivity index is 2.03. The van der Waals surface area contributed by atoms with Gasteiger partial charge in [0, 0.05) is 5.75 Å². The molecule has 2 fully saturated rings. The molecule has 1 N–H and O–H groups in total. The fourth-order valence-corrected chi connectivity index (χ4v) is 6.29. The van der Waals surface area contributed by atoms with Gasteiger partial charge in [0.1, 0.15) is 6.04 Å². The Kier molecular flexibility index (Phi) is 4.55. The molecule has 0 amide bonds. The van der Waals surface area contributed by atoms with Crippen molar-refractivity contribution >= 4 is 27.8 Å². The molecule has 0 aromatic carbocycles. The number of hydrogen-bond acceptors (Lipinski definition) is 4. The molecule has 0 aromatic rings. The van der Waals surface area contributed by atoms with E-state index in [0.717, 1.165) is 25.7 Å². The van der Waals surface area contributed by atoms with Crippen LogP contribution in [-0.2, 0) is 14.8 Å². The van der Waals surface area contributed by atoms with E-state index in [9.17, 15) is 13.2 Å². The fraction of sp³-hybridized carbons (Fsp3) is 0.909. The van der Waals surface area contributed by atoms with Crippen LogP contribution >= 0.6 is 11.8 Å². The summed E-state index contributed by atoms with van der Waals surface area (Å²) in [6, 6.07) is -0.872. The van der Waals surface area contributed by atoms with E-state index < -0.39 is 22.0 Å². The van der Waals surface area contributed by atoms with Crippen molar-refractivity contribution in [3.8, 4) is 0 Å². The molecule has 1 aliphatic heterocycles. The lowest BCUT2D eigenvalue weighted by Gasteiger charge is -2.25. The Morgan fingerprint density at radius 3 is 2.56 bits per heavy atom. The summed E-state index contributed by atoms with van der Waals surface area (Å²) in [5.74, 6) is -0.0567. The summed E-state index contributed by atoms with van der Waals surface area (Å²) in [5, 5.41) is 9.03. The van der Waals surface area contributed by atoms with Crippen LogP contribution in [0.4, 0.5) is 0 Å². The lowest BCUT2D eigenvalue weighted by molar-refractivity contribution is -0.140. The smallest absolute Gasteiger partial charge is 0.322 e. The molecule has 2 rings (SSSR count). The van der Waals surface area contributed by atoms with Gasteiger partial charge in [-0.2, -0.15) is 4.31 Å². The number of carboxylic acid groups (broad SMARTS) is 1. The molecule has 104 valence electrons. The van der Waals surface area contributed by atoms with Crippen molar-refractivity contribution in [3.05, 3.63) is 0 Å². The zero-order valence-corrected chi connectivity index (χ0v) is 11.9. The first-order valence-corrected chi connectivity index (χ1v) is 9.07.